The molecule has 4 amide bonds. The summed E-state index contributed by atoms with van der Waals surface area (Å²) in [5.74, 6) is -1.76. The molecule has 4 rings (SSSR count). The fraction of sp³-hybridized carbons (Fsp3) is 0.154. The van der Waals surface area contributed by atoms with Crippen LogP contribution in [-0.4, -0.2) is 42.2 Å². The summed E-state index contributed by atoms with van der Waals surface area (Å²) in [6.07, 6.45) is 0.362. The van der Waals surface area contributed by atoms with E-state index in [4.69, 9.17) is 4.74 Å². The van der Waals surface area contributed by atoms with Gasteiger partial charge in [-0.15, -0.1) is 0 Å². The van der Waals surface area contributed by atoms with Gasteiger partial charge in [0.25, 0.3) is 17.7 Å². The van der Waals surface area contributed by atoms with Crippen molar-refractivity contribution < 1.29 is 28.3 Å². The second-order valence-corrected chi connectivity index (χ2v) is 7.84. The van der Waals surface area contributed by atoms with Crippen molar-refractivity contribution in [2.75, 3.05) is 24.3 Å². The minimum atomic E-state index is -0.535. The third-order valence-corrected chi connectivity index (χ3v) is 5.48. The second kappa shape index (κ2) is 10.2. The summed E-state index contributed by atoms with van der Waals surface area (Å²) in [6, 6.07) is 16.6. The van der Waals surface area contributed by atoms with Crippen LogP contribution in [0.4, 0.5) is 15.8 Å². The fourth-order valence-electron chi connectivity index (χ4n) is 3.77. The number of carbonyl (C=O) groups excluding carboxylic acids is 4. The van der Waals surface area contributed by atoms with Crippen molar-refractivity contribution in [3.8, 4) is 5.75 Å². The predicted molar refractivity (Wildman–Crippen MR) is 127 cm³/mol. The van der Waals surface area contributed by atoms with Gasteiger partial charge in [-0.1, -0.05) is 18.2 Å². The van der Waals surface area contributed by atoms with E-state index < -0.39 is 11.7 Å². The molecule has 8 nitrogen and oxygen atoms in total. The molecule has 0 atom stereocenters. The average molecular weight is 475 g/mol. The molecule has 35 heavy (non-hydrogen) atoms. The number of benzene rings is 3. The Morgan fingerprint density at radius 3 is 2.29 bits per heavy atom. The first-order chi connectivity index (χ1) is 16.9. The van der Waals surface area contributed by atoms with Crippen LogP contribution in [-0.2, 0) is 4.79 Å². The predicted octanol–water partition coefficient (Wildman–Crippen LogP) is 4.10. The summed E-state index contributed by atoms with van der Waals surface area (Å²) in [4.78, 5) is 50.9. The third kappa shape index (κ3) is 5.19. The van der Waals surface area contributed by atoms with E-state index in [2.05, 4.69) is 10.6 Å². The van der Waals surface area contributed by atoms with Crippen LogP contribution in [0.1, 0.15) is 43.9 Å². The topological polar surface area (TPSA) is 105 Å². The van der Waals surface area contributed by atoms with Gasteiger partial charge >= 0.3 is 0 Å². The molecule has 0 bridgehead atoms. The normalized spacial score (nSPS) is 12.3. The first-order valence-electron chi connectivity index (χ1n) is 10.9. The molecule has 0 fully saturated rings. The highest BCUT2D eigenvalue weighted by Gasteiger charge is 2.34. The van der Waals surface area contributed by atoms with Crippen LogP contribution in [0.15, 0.2) is 66.7 Å². The van der Waals surface area contributed by atoms with Crippen molar-refractivity contribution in [2.24, 2.45) is 0 Å². The van der Waals surface area contributed by atoms with E-state index in [1.165, 1.54) is 31.4 Å². The number of methoxy groups -OCH3 is 1. The zero-order valence-electron chi connectivity index (χ0n) is 18.8. The molecule has 0 aliphatic carbocycles. The molecule has 1 aliphatic heterocycles. The number of hydrogen-bond acceptors (Lipinski definition) is 5. The molecule has 2 N–H and O–H groups in total. The van der Waals surface area contributed by atoms with E-state index >= 15 is 0 Å². The van der Waals surface area contributed by atoms with Gasteiger partial charge in [0, 0.05) is 24.2 Å². The quantitative estimate of drug-likeness (QED) is 0.478. The molecule has 1 aliphatic rings. The van der Waals surface area contributed by atoms with E-state index in [-0.39, 0.29) is 42.7 Å². The van der Waals surface area contributed by atoms with Gasteiger partial charge in [-0.2, -0.15) is 0 Å². The lowest BCUT2D eigenvalue weighted by molar-refractivity contribution is -0.116. The third-order valence-electron chi connectivity index (χ3n) is 5.48. The van der Waals surface area contributed by atoms with Crippen LogP contribution >= 0.6 is 0 Å². The highest BCUT2D eigenvalue weighted by molar-refractivity contribution is 6.21. The van der Waals surface area contributed by atoms with E-state index in [1.807, 2.05) is 0 Å². The smallest absolute Gasteiger partial charge is 0.261 e. The van der Waals surface area contributed by atoms with Crippen molar-refractivity contribution in [1.82, 2.24) is 4.90 Å². The van der Waals surface area contributed by atoms with Crippen molar-refractivity contribution in [1.29, 1.82) is 0 Å². The maximum atomic E-state index is 13.4. The molecule has 0 radical (unpaired) electrons. The molecule has 0 saturated carbocycles. The number of anilines is 2. The van der Waals surface area contributed by atoms with E-state index in [0.29, 0.717) is 28.3 Å². The highest BCUT2D eigenvalue weighted by atomic mass is 19.1. The Bertz CT molecular complexity index is 1290. The first-order valence-corrected chi connectivity index (χ1v) is 10.9. The van der Waals surface area contributed by atoms with Gasteiger partial charge in [-0.05, 0) is 55.0 Å². The lowest BCUT2D eigenvalue weighted by Crippen LogP contribution is -2.31. The highest BCUT2D eigenvalue weighted by Crippen LogP contribution is 2.29. The molecule has 0 spiro atoms. The Morgan fingerprint density at radius 1 is 0.914 bits per heavy atom. The molecule has 1 heterocycles. The minimum Gasteiger partial charge on any atom is -0.495 e. The van der Waals surface area contributed by atoms with Crippen molar-refractivity contribution in [3.05, 3.63) is 89.2 Å². The molecule has 9 heteroatoms. The van der Waals surface area contributed by atoms with Crippen molar-refractivity contribution >= 4 is 35.0 Å². The van der Waals surface area contributed by atoms with Gasteiger partial charge in [-0.25, -0.2) is 4.39 Å². The molecule has 0 saturated heterocycles. The summed E-state index contributed by atoms with van der Waals surface area (Å²) in [5, 5.41) is 5.38. The van der Waals surface area contributed by atoms with Gasteiger partial charge in [0.05, 0.1) is 23.9 Å². The standard InChI is InChI=1S/C26H22FN3O5/c1-35-22-12-11-18(15-21(22)29-24(32)16-6-4-7-17(27)14-16)28-23(31)10-5-13-30-25(33)19-8-2-3-9-20(19)26(30)34/h2-4,6-9,11-12,14-15H,5,10,13H2,1H3,(H,28,31)(H,29,32). The number of nitrogens with one attached hydrogen (secondary N) is 2. The van der Waals surface area contributed by atoms with Gasteiger partial charge in [0.15, 0.2) is 0 Å². The maximum Gasteiger partial charge on any atom is 0.261 e. The number of amides is 4. The average Bonchev–Trinajstić information content (AvgIpc) is 3.09. The Hall–Kier alpha value is -4.53. The largest absolute Gasteiger partial charge is 0.495 e. The number of imide groups is 1. The number of fused-ring (bicyclic) bond motifs is 1. The van der Waals surface area contributed by atoms with Gasteiger partial charge in [-0.3, -0.25) is 24.1 Å². The van der Waals surface area contributed by atoms with Crippen LogP contribution in [0.25, 0.3) is 0 Å². The summed E-state index contributed by atoms with van der Waals surface area (Å²) in [7, 11) is 1.44. The number of ether oxygens (including phenoxy) is 1. The molecule has 0 unspecified atom stereocenters. The fourth-order valence-corrected chi connectivity index (χ4v) is 3.77. The SMILES string of the molecule is COc1ccc(NC(=O)CCCN2C(=O)c3ccccc3C2=O)cc1NC(=O)c1cccc(F)c1. The summed E-state index contributed by atoms with van der Waals surface area (Å²) in [5.41, 5.74) is 1.58. The molecule has 3 aromatic rings. The number of carbonyl (C=O) groups is 4. The van der Waals surface area contributed by atoms with Crippen molar-refractivity contribution in [3.63, 3.8) is 0 Å². The monoisotopic (exact) mass is 475 g/mol. The molecule has 3 aromatic carbocycles. The van der Waals surface area contributed by atoms with E-state index in [0.717, 1.165) is 11.0 Å². The van der Waals surface area contributed by atoms with Crippen LogP contribution in [0.5, 0.6) is 5.75 Å². The summed E-state index contributed by atoms with van der Waals surface area (Å²) < 4.78 is 18.7. The number of halogens is 1. The second-order valence-electron chi connectivity index (χ2n) is 7.84. The number of rotatable bonds is 8. The van der Waals surface area contributed by atoms with E-state index in [1.54, 1.807) is 36.4 Å². The first kappa shape index (κ1) is 23.6. The van der Waals surface area contributed by atoms with Crippen LogP contribution in [0.2, 0.25) is 0 Å². The minimum absolute atomic E-state index is 0.0738. The van der Waals surface area contributed by atoms with Gasteiger partial charge in [0.1, 0.15) is 11.6 Å². The van der Waals surface area contributed by atoms with Gasteiger partial charge < -0.3 is 15.4 Å². The lowest BCUT2D eigenvalue weighted by atomic mass is 10.1. The van der Waals surface area contributed by atoms with Gasteiger partial charge in [0.2, 0.25) is 5.91 Å². The zero-order valence-corrected chi connectivity index (χ0v) is 18.8. The van der Waals surface area contributed by atoms with E-state index in [9.17, 15) is 23.6 Å². The Balaban J connectivity index is 1.35. The zero-order chi connectivity index (χ0) is 24.9. The maximum absolute atomic E-state index is 13.4. The Labute approximate surface area is 200 Å². The molecular weight excluding hydrogens is 453 g/mol. The Morgan fingerprint density at radius 2 is 1.63 bits per heavy atom. The van der Waals surface area contributed by atoms with Crippen LogP contribution < -0.4 is 15.4 Å². The number of hydrogen-bond donors (Lipinski definition) is 2. The molecule has 178 valence electrons. The lowest BCUT2D eigenvalue weighted by Gasteiger charge is -2.14. The Kier molecular flexibility index (Phi) is 6.86. The van der Waals surface area contributed by atoms with Crippen LogP contribution in [0, 0.1) is 5.82 Å². The summed E-state index contributed by atoms with van der Waals surface area (Å²) in [6.45, 7) is 0.122. The number of nitrogens with zero attached hydrogens (tertiary/aromatic N) is 1. The van der Waals surface area contributed by atoms with Crippen molar-refractivity contribution in [2.45, 2.75) is 12.8 Å². The molecular formula is C26H22FN3O5. The molecule has 0 aromatic heterocycles. The summed E-state index contributed by atoms with van der Waals surface area (Å²) >= 11 is 0. The van der Waals surface area contributed by atoms with Crippen LogP contribution in [0.3, 0.4) is 0 Å².